The number of fused-ring (bicyclic) bond motifs is 7. The van der Waals surface area contributed by atoms with Crippen molar-refractivity contribution in [1.29, 1.82) is 0 Å². The Morgan fingerprint density at radius 2 is 2.03 bits per heavy atom. The van der Waals surface area contributed by atoms with Gasteiger partial charge >= 0.3 is 13.9 Å². The van der Waals surface area contributed by atoms with Gasteiger partial charge in [0.05, 0.1) is 36.9 Å². The molecule has 0 aromatic carbocycles. The summed E-state index contributed by atoms with van der Waals surface area (Å²) in [7, 11) is -4.61. The fraction of sp³-hybridized carbons (Fsp3) is 0.727. The van der Waals surface area contributed by atoms with E-state index in [2.05, 4.69) is 5.32 Å². The quantitative estimate of drug-likeness (QED) is 0.357. The van der Waals surface area contributed by atoms with Crippen LogP contribution in [-0.2, 0) is 27.9 Å². The molecular formula is C22H29N2O10P. The van der Waals surface area contributed by atoms with Gasteiger partial charge in [0.25, 0.3) is 0 Å². The van der Waals surface area contributed by atoms with Crippen LogP contribution in [-0.4, -0.2) is 87.9 Å². The molecule has 6 bridgehead atoms. The molecule has 192 valence electrons. The number of ether oxygens (including phenoxy) is 2. The van der Waals surface area contributed by atoms with Crippen molar-refractivity contribution in [3.05, 3.63) is 23.3 Å². The molecule has 35 heavy (non-hydrogen) atoms. The largest absolute Gasteiger partial charge is 0.472 e. The first-order valence-electron chi connectivity index (χ1n) is 11.8. The molecule has 4 aliphatic heterocycles. The lowest BCUT2D eigenvalue weighted by Gasteiger charge is -2.65. The minimum Gasteiger partial charge on any atom is -0.394 e. The first-order valence-corrected chi connectivity index (χ1v) is 13.3. The standard InChI is InChI=1S/C22H29N2O10P/c1-9-3-10-4-11-18(9)22(2)19(11)24(21(28)23-20(22)27)17-6-14(15(7-25)33-17)34-35(29,30)31-8-16-12(26)5-13(10)32-16/h3-4,11-19,25-26H,5-8H2,1-2H3,(H,29,30)(H,23,27,28)/t11-,12+,13+,14+,15+,16+,17+,18+,19-,22+/m0/s1. The molecule has 4 N–H and O–H groups in total. The predicted octanol–water partition coefficient (Wildman–Crippen LogP) is 0.187. The number of aliphatic hydroxyl groups excluding tert-OH is 2. The zero-order chi connectivity index (χ0) is 24.9. The van der Waals surface area contributed by atoms with Crippen LogP contribution in [0.4, 0.5) is 4.79 Å². The van der Waals surface area contributed by atoms with Gasteiger partial charge in [-0.05, 0) is 19.4 Å². The fourth-order valence-electron chi connectivity index (χ4n) is 6.93. The van der Waals surface area contributed by atoms with Crippen molar-refractivity contribution in [2.75, 3.05) is 13.2 Å². The highest BCUT2D eigenvalue weighted by atomic mass is 31.2. The molecule has 3 amide bonds. The Labute approximate surface area is 201 Å². The fourth-order valence-corrected chi connectivity index (χ4v) is 7.89. The normalized spacial score (nSPS) is 51.0. The number of phosphoric acid groups is 1. The van der Waals surface area contributed by atoms with Crippen LogP contribution in [0.15, 0.2) is 23.3 Å². The van der Waals surface area contributed by atoms with Crippen LogP contribution >= 0.6 is 7.82 Å². The van der Waals surface area contributed by atoms with Crippen molar-refractivity contribution < 1.29 is 47.8 Å². The lowest BCUT2D eigenvalue weighted by Crippen LogP contribution is -2.78. The van der Waals surface area contributed by atoms with Gasteiger partial charge in [-0.25, -0.2) is 9.36 Å². The zero-order valence-corrected chi connectivity index (χ0v) is 20.2. The lowest BCUT2D eigenvalue weighted by atomic mass is 9.46. The number of aliphatic hydroxyl groups is 2. The number of rotatable bonds is 1. The van der Waals surface area contributed by atoms with Crippen LogP contribution in [0.2, 0.25) is 0 Å². The Balaban J connectivity index is 1.44. The van der Waals surface area contributed by atoms with Crippen LogP contribution in [0, 0.1) is 17.3 Å². The van der Waals surface area contributed by atoms with Crippen LogP contribution in [0.5, 0.6) is 0 Å². The molecule has 6 aliphatic rings. The molecule has 0 aromatic rings. The summed E-state index contributed by atoms with van der Waals surface area (Å²) in [6.07, 6.45) is -0.919. The molecule has 1 saturated carbocycles. The Morgan fingerprint density at radius 3 is 2.77 bits per heavy atom. The highest BCUT2D eigenvalue weighted by Gasteiger charge is 2.70. The average molecular weight is 512 g/mol. The van der Waals surface area contributed by atoms with Crippen molar-refractivity contribution in [3.63, 3.8) is 0 Å². The Morgan fingerprint density at radius 1 is 1.26 bits per heavy atom. The second-order valence-corrected chi connectivity index (χ2v) is 11.8. The van der Waals surface area contributed by atoms with Gasteiger partial charge in [-0.15, -0.1) is 0 Å². The molecule has 2 aliphatic carbocycles. The SMILES string of the molecule is CC1=CC2=C[C@H]3[C@@H]1[C@@]1(C)C(=O)NC(=O)N([C@@H]31)[C@H]1C[C@@H](OP(=O)(O)OC[C@H]3O[C@@H]2C[C@H]3O)[C@@H](CO)O1. The summed E-state index contributed by atoms with van der Waals surface area (Å²) < 4.78 is 35.1. The van der Waals surface area contributed by atoms with Gasteiger partial charge in [-0.3, -0.25) is 24.1 Å². The number of amides is 3. The lowest BCUT2D eigenvalue weighted by molar-refractivity contribution is -0.179. The Hall–Kier alpha value is -1.63. The van der Waals surface area contributed by atoms with Crippen LogP contribution in [0.3, 0.4) is 0 Å². The second-order valence-electron chi connectivity index (χ2n) is 10.4. The summed E-state index contributed by atoms with van der Waals surface area (Å²) in [5.41, 5.74) is 0.877. The van der Waals surface area contributed by atoms with Crippen molar-refractivity contribution in [2.24, 2.45) is 17.3 Å². The van der Waals surface area contributed by atoms with Gasteiger partial charge < -0.3 is 24.6 Å². The van der Waals surface area contributed by atoms with Gasteiger partial charge in [0, 0.05) is 24.7 Å². The molecule has 4 fully saturated rings. The molecule has 4 heterocycles. The van der Waals surface area contributed by atoms with Crippen molar-refractivity contribution in [1.82, 2.24) is 10.2 Å². The Bertz CT molecular complexity index is 1080. The van der Waals surface area contributed by atoms with Crippen molar-refractivity contribution >= 4 is 19.8 Å². The molecule has 11 atom stereocenters. The van der Waals surface area contributed by atoms with Crippen molar-refractivity contribution in [3.8, 4) is 0 Å². The second kappa shape index (κ2) is 7.93. The van der Waals surface area contributed by atoms with Crippen molar-refractivity contribution in [2.45, 2.75) is 69.5 Å². The van der Waals surface area contributed by atoms with E-state index in [-0.39, 0.29) is 37.2 Å². The molecule has 13 heteroatoms. The van der Waals surface area contributed by atoms with E-state index in [1.807, 2.05) is 26.0 Å². The van der Waals surface area contributed by atoms with E-state index in [0.29, 0.717) is 0 Å². The van der Waals surface area contributed by atoms with E-state index in [9.17, 15) is 29.3 Å². The predicted molar refractivity (Wildman–Crippen MR) is 116 cm³/mol. The zero-order valence-electron chi connectivity index (χ0n) is 19.3. The summed E-state index contributed by atoms with van der Waals surface area (Å²) in [5.74, 6) is -0.707. The number of carbonyl (C=O) groups is 2. The third kappa shape index (κ3) is 3.42. The summed E-state index contributed by atoms with van der Waals surface area (Å²) >= 11 is 0. The topological polar surface area (TPSA) is 164 Å². The maximum atomic E-state index is 13.1. The number of nitrogens with one attached hydrogen (secondary N) is 1. The number of allylic oxidation sites excluding steroid dienone is 1. The summed E-state index contributed by atoms with van der Waals surface area (Å²) in [4.78, 5) is 38.0. The van der Waals surface area contributed by atoms with Gasteiger partial charge in [-0.2, -0.15) is 0 Å². The molecule has 6 rings (SSSR count). The average Bonchev–Trinajstić information content (AvgIpc) is 3.35. The number of nitrogens with zero attached hydrogens (tertiary/aromatic N) is 1. The molecule has 1 unspecified atom stereocenters. The number of imide groups is 1. The number of hydrogen-bond donors (Lipinski definition) is 4. The first kappa shape index (κ1) is 23.7. The van der Waals surface area contributed by atoms with Gasteiger partial charge in [-0.1, -0.05) is 17.7 Å². The smallest absolute Gasteiger partial charge is 0.394 e. The molecular weight excluding hydrogens is 483 g/mol. The van der Waals surface area contributed by atoms with E-state index in [1.165, 1.54) is 4.90 Å². The molecule has 3 saturated heterocycles. The van der Waals surface area contributed by atoms with E-state index in [1.54, 1.807) is 0 Å². The summed E-state index contributed by atoms with van der Waals surface area (Å²) in [6, 6.07) is -1.17. The number of urea groups is 1. The number of phosphoric ester groups is 1. The van der Waals surface area contributed by atoms with Gasteiger partial charge in [0.1, 0.15) is 24.5 Å². The molecule has 12 nitrogen and oxygen atoms in total. The maximum absolute atomic E-state index is 13.1. The molecule has 0 spiro atoms. The number of carbonyl (C=O) groups excluding carboxylic acids is 2. The van der Waals surface area contributed by atoms with Gasteiger partial charge in [0.15, 0.2) is 0 Å². The van der Waals surface area contributed by atoms with Gasteiger partial charge in [0.2, 0.25) is 5.91 Å². The highest BCUT2D eigenvalue weighted by molar-refractivity contribution is 7.47. The van der Waals surface area contributed by atoms with Crippen LogP contribution in [0.1, 0.15) is 26.7 Å². The van der Waals surface area contributed by atoms with E-state index in [0.717, 1.165) is 11.1 Å². The summed E-state index contributed by atoms with van der Waals surface area (Å²) in [6.45, 7) is 2.89. The number of hydrogen-bond acceptors (Lipinski definition) is 9. The third-order valence-corrected chi connectivity index (χ3v) is 9.47. The molecule has 0 aromatic heterocycles. The van der Waals surface area contributed by atoms with E-state index >= 15 is 0 Å². The van der Waals surface area contributed by atoms with Crippen LogP contribution in [0.25, 0.3) is 0 Å². The summed E-state index contributed by atoms with van der Waals surface area (Å²) in [5, 5.41) is 22.8. The monoisotopic (exact) mass is 512 g/mol. The minimum absolute atomic E-state index is 0.00128. The van der Waals surface area contributed by atoms with E-state index < -0.39 is 68.7 Å². The maximum Gasteiger partial charge on any atom is 0.472 e. The first-order chi connectivity index (χ1) is 16.5. The Kier molecular flexibility index (Phi) is 5.38. The minimum atomic E-state index is -4.61. The third-order valence-electron chi connectivity index (χ3n) is 8.46. The molecule has 0 radical (unpaired) electrons. The van der Waals surface area contributed by atoms with Crippen LogP contribution < -0.4 is 5.32 Å². The highest BCUT2D eigenvalue weighted by Crippen LogP contribution is 2.62. The van der Waals surface area contributed by atoms with E-state index in [4.69, 9.17) is 18.5 Å².